The number of alkyl halides is 1. The molecular weight excluding hydrogens is 265 g/mol. The number of hydrogen-bond donors (Lipinski definition) is 0. The molecule has 1 aromatic rings. The Kier molecular flexibility index (Phi) is 2.91. The molecule has 2 rings (SSSR count). The third-order valence-electron chi connectivity index (χ3n) is 2.32. The van der Waals surface area contributed by atoms with E-state index in [4.69, 9.17) is 4.52 Å². The molecule has 1 aromatic carbocycles. The van der Waals surface area contributed by atoms with E-state index in [2.05, 4.69) is 15.9 Å². The van der Waals surface area contributed by atoms with E-state index in [1.165, 1.54) is 0 Å². The number of hydrogen-bond acceptors (Lipinski definition) is 2. The van der Waals surface area contributed by atoms with E-state index in [1.807, 2.05) is 24.3 Å². The Morgan fingerprint density at radius 1 is 1.57 bits per heavy atom. The number of para-hydroxylation sites is 1. The van der Waals surface area contributed by atoms with Crippen molar-refractivity contribution in [1.29, 1.82) is 0 Å². The quantitative estimate of drug-likeness (QED) is 0.472. The molecule has 0 saturated carbocycles. The average molecular weight is 276 g/mol. The lowest BCUT2D eigenvalue weighted by atomic mass is 10.2. The van der Waals surface area contributed by atoms with E-state index in [0.29, 0.717) is 6.54 Å². The lowest BCUT2D eigenvalue weighted by Crippen LogP contribution is -2.31. The van der Waals surface area contributed by atoms with Crippen molar-refractivity contribution in [3.05, 3.63) is 35.0 Å². The summed E-state index contributed by atoms with van der Waals surface area (Å²) in [5.74, 6) is 0. The van der Waals surface area contributed by atoms with Gasteiger partial charge in [0, 0.05) is 12.7 Å². The Hall–Kier alpha value is 0.0100. The molecule has 3 unspecified atom stereocenters. The highest BCUT2D eigenvalue weighted by Gasteiger charge is 2.37. The minimum atomic E-state index is -0.359. The maximum absolute atomic E-state index is 12.3. The summed E-state index contributed by atoms with van der Waals surface area (Å²) in [6, 6.07) is 7.73. The molecule has 76 valence electrons. The van der Waals surface area contributed by atoms with Crippen LogP contribution in [-0.4, -0.2) is 13.7 Å². The molecule has 0 N–H and O–H groups in total. The van der Waals surface area contributed by atoms with Crippen molar-refractivity contribution in [3.63, 3.8) is 0 Å². The van der Waals surface area contributed by atoms with Crippen LogP contribution in [-0.2, 0) is 4.52 Å². The van der Waals surface area contributed by atoms with Gasteiger partial charge in [0.05, 0.1) is 4.83 Å². The summed E-state index contributed by atoms with van der Waals surface area (Å²) in [5, 5.41) is 12.3. The van der Waals surface area contributed by atoms with Gasteiger partial charge in [-0.15, -0.1) is 0 Å². The summed E-state index contributed by atoms with van der Waals surface area (Å²) in [6.07, 6.45) is 0. The highest BCUT2D eigenvalue weighted by Crippen LogP contribution is 2.50. The number of quaternary nitrogens is 1. The van der Waals surface area contributed by atoms with Crippen LogP contribution in [0.15, 0.2) is 24.3 Å². The Labute approximate surface area is 93.3 Å². The van der Waals surface area contributed by atoms with Gasteiger partial charge >= 0.3 is 0 Å². The standard InChI is InChI=1S/C9H11BrNO2P/c1-13-14-11(12)6-8(10)7-4-2-3-5-9(7)11/h2-5,8,14H,6H2,1H3. The zero-order chi connectivity index (χ0) is 10.2. The number of nitrogens with zero attached hydrogens (tertiary/aromatic N) is 1. The minimum absolute atomic E-state index is 0.0736. The second-order valence-electron chi connectivity index (χ2n) is 3.24. The van der Waals surface area contributed by atoms with Crippen molar-refractivity contribution < 1.29 is 4.52 Å². The zero-order valence-electron chi connectivity index (χ0n) is 7.74. The minimum Gasteiger partial charge on any atom is -0.625 e. The van der Waals surface area contributed by atoms with E-state index in [9.17, 15) is 5.21 Å². The summed E-state index contributed by atoms with van der Waals surface area (Å²) in [6.45, 7) is 0.519. The molecule has 3 atom stereocenters. The highest BCUT2D eigenvalue weighted by molar-refractivity contribution is 9.09. The second-order valence-corrected chi connectivity index (χ2v) is 5.66. The Bertz CT molecular complexity index is 349. The average Bonchev–Trinajstić information content (AvgIpc) is 2.41. The SMILES string of the molecule is COP[N+]1([O-])CC(Br)c2ccccc21. The fraction of sp³-hybridized carbons (Fsp3) is 0.333. The smallest absolute Gasteiger partial charge is 0.243 e. The van der Waals surface area contributed by atoms with Crippen molar-refractivity contribution in [2.75, 3.05) is 13.7 Å². The molecule has 3 nitrogen and oxygen atoms in total. The first-order valence-corrected chi connectivity index (χ1v) is 6.07. The van der Waals surface area contributed by atoms with Gasteiger partial charge in [-0.2, -0.15) is 0 Å². The predicted molar refractivity (Wildman–Crippen MR) is 63.5 cm³/mol. The van der Waals surface area contributed by atoms with Gasteiger partial charge in [-0.3, -0.25) is 4.42 Å². The van der Waals surface area contributed by atoms with Crippen LogP contribution in [0.2, 0.25) is 0 Å². The molecule has 1 aliphatic rings. The van der Waals surface area contributed by atoms with Gasteiger partial charge in [0.2, 0.25) is 8.96 Å². The van der Waals surface area contributed by atoms with E-state index >= 15 is 0 Å². The first-order chi connectivity index (χ1) is 6.67. The Balaban J connectivity index is 2.43. The summed E-state index contributed by atoms with van der Waals surface area (Å²) in [4.78, 5) is 0.152. The van der Waals surface area contributed by atoms with Crippen LogP contribution < -0.4 is 4.42 Å². The van der Waals surface area contributed by atoms with E-state index in [-0.39, 0.29) is 18.2 Å². The number of fused-ring (bicyclic) bond motifs is 1. The first-order valence-electron chi connectivity index (χ1n) is 4.30. The molecule has 5 heteroatoms. The molecule has 1 aliphatic heterocycles. The van der Waals surface area contributed by atoms with Gasteiger partial charge in [0.15, 0.2) is 0 Å². The highest BCUT2D eigenvalue weighted by atomic mass is 79.9. The third kappa shape index (κ3) is 1.62. The number of hydroxylamine groups is 1. The molecular formula is C9H11BrNO2P. The summed E-state index contributed by atoms with van der Waals surface area (Å²) in [5.41, 5.74) is 1.92. The van der Waals surface area contributed by atoms with Gasteiger partial charge in [0.25, 0.3) is 0 Å². The van der Waals surface area contributed by atoms with Crippen molar-refractivity contribution >= 4 is 30.6 Å². The predicted octanol–water partition coefficient (Wildman–Crippen LogP) is 3.10. The molecule has 0 radical (unpaired) electrons. The fourth-order valence-electron chi connectivity index (χ4n) is 1.74. The van der Waals surface area contributed by atoms with Gasteiger partial charge in [0.1, 0.15) is 12.2 Å². The van der Waals surface area contributed by atoms with Gasteiger partial charge in [-0.05, 0) is 6.07 Å². The molecule has 0 amide bonds. The zero-order valence-corrected chi connectivity index (χ0v) is 10.3. The van der Waals surface area contributed by atoms with Crippen LogP contribution in [0.5, 0.6) is 0 Å². The van der Waals surface area contributed by atoms with Crippen LogP contribution in [0, 0.1) is 5.21 Å². The van der Waals surface area contributed by atoms with Gasteiger partial charge in [-0.25, -0.2) is 0 Å². The Morgan fingerprint density at radius 3 is 3.00 bits per heavy atom. The first kappa shape index (κ1) is 10.5. The van der Waals surface area contributed by atoms with Crippen LogP contribution in [0.3, 0.4) is 0 Å². The number of halogens is 1. The van der Waals surface area contributed by atoms with E-state index in [1.54, 1.807) is 7.11 Å². The summed E-state index contributed by atoms with van der Waals surface area (Å²) < 4.78 is 4.64. The maximum atomic E-state index is 12.3. The molecule has 0 bridgehead atoms. The molecule has 1 heterocycles. The second kappa shape index (κ2) is 3.87. The van der Waals surface area contributed by atoms with Gasteiger partial charge in [-0.1, -0.05) is 34.1 Å². The van der Waals surface area contributed by atoms with E-state index in [0.717, 1.165) is 11.3 Å². The molecule has 0 aromatic heterocycles. The molecule has 0 aliphatic carbocycles. The molecule has 0 fully saturated rings. The van der Waals surface area contributed by atoms with Crippen molar-refractivity contribution in [3.8, 4) is 0 Å². The van der Waals surface area contributed by atoms with E-state index < -0.39 is 0 Å². The lowest BCUT2D eigenvalue weighted by molar-refractivity contribution is 0.434. The summed E-state index contributed by atoms with van der Waals surface area (Å²) >= 11 is 3.52. The Morgan fingerprint density at radius 2 is 2.29 bits per heavy atom. The van der Waals surface area contributed by atoms with Crippen molar-refractivity contribution in [2.24, 2.45) is 0 Å². The topological polar surface area (TPSA) is 32.3 Å². The molecule has 14 heavy (non-hydrogen) atoms. The van der Waals surface area contributed by atoms with Gasteiger partial charge < -0.3 is 9.73 Å². The summed E-state index contributed by atoms with van der Waals surface area (Å²) in [7, 11) is 1.50. The lowest BCUT2D eigenvalue weighted by Gasteiger charge is -2.36. The van der Waals surface area contributed by atoms with Crippen LogP contribution in [0.1, 0.15) is 10.4 Å². The van der Waals surface area contributed by atoms with Crippen LogP contribution >= 0.6 is 24.9 Å². The maximum Gasteiger partial charge on any atom is 0.243 e. The number of benzene rings is 1. The third-order valence-corrected chi connectivity index (χ3v) is 4.00. The number of rotatable bonds is 2. The largest absolute Gasteiger partial charge is 0.625 e. The molecule has 0 saturated heterocycles. The van der Waals surface area contributed by atoms with Crippen LogP contribution in [0.25, 0.3) is 0 Å². The normalized spacial score (nSPS) is 31.2. The monoisotopic (exact) mass is 275 g/mol. The van der Waals surface area contributed by atoms with Crippen molar-refractivity contribution in [2.45, 2.75) is 4.83 Å². The molecule has 0 spiro atoms. The van der Waals surface area contributed by atoms with Crippen molar-refractivity contribution in [1.82, 2.24) is 4.42 Å². The fourth-order valence-corrected chi connectivity index (χ4v) is 3.65. The van der Waals surface area contributed by atoms with Crippen LogP contribution in [0.4, 0.5) is 5.69 Å².